The van der Waals surface area contributed by atoms with Gasteiger partial charge in [0, 0.05) is 0 Å². The zero-order valence-electron chi connectivity index (χ0n) is 5.16. The second-order valence-electron chi connectivity index (χ2n) is 2.06. The largest absolute Gasteiger partial charge is 0.346 e. The maximum Gasteiger partial charge on any atom is 0.346 e. The van der Waals surface area contributed by atoms with Gasteiger partial charge in [-0.1, -0.05) is 12.1 Å². The van der Waals surface area contributed by atoms with Crippen LogP contribution in [0.15, 0.2) is 24.3 Å². The Kier molecular flexibility index (Phi) is 0.917. The average Bonchev–Trinajstić information content (AvgIpc) is 2.27. The Bertz CT molecular complexity index is 320. The molecule has 0 aliphatic rings. The molecule has 0 aliphatic heterocycles. The first kappa shape index (κ1) is 5.29. The minimum absolute atomic E-state index is 0.277. The van der Waals surface area contributed by atoms with Crippen LogP contribution in [0.4, 0.5) is 0 Å². The molecule has 49 valence electrons. The van der Waals surface area contributed by atoms with Gasteiger partial charge in [-0.15, -0.1) is 0 Å². The molecule has 2 aromatic rings. The van der Waals surface area contributed by atoms with Crippen molar-refractivity contribution in [3.8, 4) is 6.01 Å². The molecule has 1 aromatic carbocycles. The van der Waals surface area contributed by atoms with Gasteiger partial charge in [-0.3, -0.25) is 0 Å². The third kappa shape index (κ3) is 0.639. The van der Waals surface area contributed by atoms with Crippen molar-refractivity contribution in [2.75, 3.05) is 0 Å². The van der Waals surface area contributed by atoms with Crippen LogP contribution in [-0.2, 0) is 5.11 Å². The molecule has 2 rings (SSSR count). The first-order valence-corrected chi connectivity index (χ1v) is 2.98. The summed E-state index contributed by atoms with van der Waals surface area (Å²) in [5, 5.41) is 10.6. The lowest BCUT2D eigenvalue weighted by Gasteiger charge is -1.80. The molecule has 3 nitrogen and oxygen atoms in total. The number of nitrogens with one attached hydrogen (secondary N) is 1. The van der Waals surface area contributed by atoms with E-state index in [2.05, 4.69) is 9.97 Å². The summed E-state index contributed by atoms with van der Waals surface area (Å²) in [5.41, 5.74) is 1.53. The highest BCUT2D eigenvalue weighted by Crippen LogP contribution is 2.13. The van der Waals surface area contributed by atoms with Gasteiger partial charge >= 0.3 is 6.01 Å². The van der Waals surface area contributed by atoms with Gasteiger partial charge < -0.3 is 4.98 Å². The number of imidazole rings is 1. The SMILES string of the molecule is [O]c1nc2ccccc2[nH]1. The second-order valence-corrected chi connectivity index (χ2v) is 2.06. The van der Waals surface area contributed by atoms with Crippen molar-refractivity contribution in [1.82, 2.24) is 9.97 Å². The number of aromatic amines is 1. The lowest BCUT2D eigenvalue weighted by atomic mass is 10.3. The quantitative estimate of drug-likeness (QED) is 0.584. The van der Waals surface area contributed by atoms with Crippen LogP contribution in [0, 0.1) is 0 Å². The first-order valence-electron chi connectivity index (χ1n) is 2.98. The molecule has 0 saturated heterocycles. The molecule has 0 atom stereocenters. The molecule has 0 unspecified atom stereocenters. The number of hydrogen-bond donors (Lipinski definition) is 1. The molecule has 10 heavy (non-hydrogen) atoms. The fourth-order valence-corrected chi connectivity index (χ4v) is 0.929. The lowest BCUT2D eigenvalue weighted by molar-refractivity contribution is 0.325. The molecule has 0 spiro atoms. The smallest absolute Gasteiger partial charge is 0.304 e. The number of hydrogen-bond acceptors (Lipinski definition) is 1. The van der Waals surface area contributed by atoms with Crippen LogP contribution >= 0.6 is 0 Å². The number of fused-ring (bicyclic) bond motifs is 1. The summed E-state index contributed by atoms with van der Waals surface area (Å²) < 4.78 is 0. The normalized spacial score (nSPS) is 10.4. The Balaban J connectivity index is 2.88. The van der Waals surface area contributed by atoms with Crippen molar-refractivity contribution >= 4 is 11.0 Å². The van der Waals surface area contributed by atoms with E-state index in [0.29, 0.717) is 0 Å². The predicted octanol–water partition coefficient (Wildman–Crippen LogP) is 1.71. The Morgan fingerprint density at radius 3 is 2.90 bits per heavy atom. The summed E-state index contributed by atoms with van der Waals surface area (Å²) in [6.07, 6.45) is 0. The van der Waals surface area contributed by atoms with Crippen molar-refractivity contribution in [3.05, 3.63) is 24.3 Å². The van der Waals surface area contributed by atoms with Gasteiger partial charge in [-0.25, -0.2) is 5.11 Å². The van der Waals surface area contributed by atoms with Gasteiger partial charge in [-0.2, -0.15) is 4.98 Å². The fraction of sp³-hybridized carbons (Fsp3) is 0. The highest BCUT2D eigenvalue weighted by atomic mass is 16.3. The van der Waals surface area contributed by atoms with E-state index in [1.807, 2.05) is 18.2 Å². The summed E-state index contributed by atoms with van der Waals surface area (Å²) in [6.45, 7) is 0. The van der Waals surface area contributed by atoms with Crippen molar-refractivity contribution in [2.45, 2.75) is 0 Å². The second kappa shape index (κ2) is 1.73. The van der Waals surface area contributed by atoms with Crippen molar-refractivity contribution in [2.24, 2.45) is 0 Å². The number of para-hydroxylation sites is 2. The molecule has 1 heterocycles. The number of rotatable bonds is 0. The molecule has 1 aromatic heterocycles. The van der Waals surface area contributed by atoms with Crippen LogP contribution < -0.4 is 0 Å². The summed E-state index contributed by atoms with van der Waals surface area (Å²) in [4.78, 5) is 6.29. The van der Waals surface area contributed by atoms with E-state index >= 15 is 0 Å². The summed E-state index contributed by atoms with van der Waals surface area (Å²) in [5.74, 6) is 0. The van der Waals surface area contributed by atoms with Crippen LogP contribution in [0.1, 0.15) is 0 Å². The van der Waals surface area contributed by atoms with E-state index in [9.17, 15) is 5.11 Å². The topological polar surface area (TPSA) is 48.6 Å². The van der Waals surface area contributed by atoms with E-state index < -0.39 is 0 Å². The molecular formula is C7H5N2O. The number of H-pyrrole nitrogens is 1. The lowest BCUT2D eigenvalue weighted by Crippen LogP contribution is -1.63. The predicted molar refractivity (Wildman–Crippen MR) is 36.2 cm³/mol. The molecule has 3 heteroatoms. The number of nitrogens with zero attached hydrogens (tertiary/aromatic N) is 1. The number of benzene rings is 1. The maximum absolute atomic E-state index is 10.6. The Labute approximate surface area is 57.3 Å². The zero-order chi connectivity index (χ0) is 6.97. The molecule has 0 saturated carbocycles. The third-order valence-corrected chi connectivity index (χ3v) is 1.37. The summed E-state index contributed by atoms with van der Waals surface area (Å²) in [7, 11) is 0. The molecule has 0 bridgehead atoms. The minimum Gasteiger partial charge on any atom is -0.304 e. The van der Waals surface area contributed by atoms with Crippen LogP contribution in [0.5, 0.6) is 6.01 Å². The third-order valence-electron chi connectivity index (χ3n) is 1.37. The number of aromatic nitrogens is 2. The van der Waals surface area contributed by atoms with Crippen LogP contribution in [0.3, 0.4) is 0 Å². The molecule has 1 N–H and O–H groups in total. The fourth-order valence-electron chi connectivity index (χ4n) is 0.929. The zero-order valence-corrected chi connectivity index (χ0v) is 5.16. The van der Waals surface area contributed by atoms with E-state index in [-0.39, 0.29) is 6.01 Å². The van der Waals surface area contributed by atoms with Gasteiger partial charge in [0.2, 0.25) is 0 Å². The monoisotopic (exact) mass is 133 g/mol. The maximum atomic E-state index is 10.6. The van der Waals surface area contributed by atoms with Gasteiger partial charge in [-0.05, 0) is 12.1 Å². The minimum atomic E-state index is -0.277. The molecular weight excluding hydrogens is 128 g/mol. The molecule has 0 aliphatic carbocycles. The van der Waals surface area contributed by atoms with Crippen molar-refractivity contribution < 1.29 is 5.11 Å². The molecule has 0 fully saturated rings. The van der Waals surface area contributed by atoms with Crippen molar-refractivity contribution in [3.63, 3.8) is 0 Å². The first-order chi connectivity index (χ1) is 4.86. The Morgan fingerprint density at radius 2 is 2.10 bits per heavy atom. The van der Waals surface area contributed by atoms with Crippen molar-refractivity contribution in [1.29, 1.82) is 0 Å². The van der Waals surface area contributed by atoms with Gasteiger partial charge in [0.05, 0.1) is 11.0 Å². The Hall–Kier alpha value is -1.51. The highest BCUT2D eigenvalue weighted by molar-refractivity contribution is 5.75. The van der Waals surface area contributed by atoms with E-state index in [1.165, 1.54) is 0 Å². The Morgan fingerprint density at radius 1 is 1.30 bits per heavy atom. The van der Waals surface area contributed by atoms with Gasteiger partial charge in [0.1, 0.15) is 0 Å². The van der Waals surface area contributed by atoms with Crippen LogP contribution in [-0.4, -0.2) is 9.97 Å². The van der Waals surface area contributed by atoms with Crippen LogP contribution in [0.25, 0.3) is 11.0 Å². The van der Waals surface area contributed by atoms with E-state index in [1.54, 1.807) is 6.07 Å². The average molecular weight is 133 g/mol. The molecule has 1 radical (unpaired) electrons. The van der Waals surface area contributed by atoms with Gasteiger partial charge in [0.25, 0.3) is 0 Å². The molecule has 0 amide bonds. The van der Waals surface area contributed by atoms with E-state index in [0.717, 1.165) is 11.0 Å². The van der Waals surface area contributed by atoms with E-state index in [4.69, 9.17) is 0 Å². The standard InChI is InChI=1S/C7H5N2O/c10-7-8-5-3-1-2-4-6(5)9-7/h1-4H,(H,8,9). The van der Waals surface area contributed by atoms with Crippen LogP contribution in [0.2, 0.25) is 0 Å². The summed E-state index contributed by atoms with van der Waals surface area (Å²) in [6, 6.07) is 7.06. The summed E-state index contributed by atoms with van der Waals surface area (Å²) >= 11 is 0. The highest BCUT2D eigenvalue weighted by Gasteiger charge is 1.98. The van der Waals surface area contributed by atoms with Gasteiger partial charge in [0.15, 0.2) is 0 Å².